The molecule has 0 aliphatic carbocycles. The largest absolute Gasteiger partial charge is 0.813 e. The topological polar surface area (TPSA) is 63.2 Å². The van der Waals surface area contributed by atoms with Crippen molar-refractivity contribution >= 4 is 8.25 Å². The van der Waals surface area contributed by atoms with Crippen LogP contribution in [-0.4, -0.2) is 0 Å². The Morgan fingerprint density at radius 3 is 2.08 bits per heavy atom. The van der Waals surface area contributed by atoms with Gasteiger partial charge in [-0.05, 0) is 0 Å². The molecule has 3 nitrogen and oxygen atoms in total. The standard InChI is InChI=1S/C8H17.Nd.H3O3P/c1-3-5-7-8-6-4-2;;1-4(2)3/h3H,4-8H2,1-2H3;;4H,(H2,1,2,3)/q;+2;/p-2. The molecule has 5 heteroatoms. The Kier molecular flexibility index (Phi) is 17.6. The average Bonchev–Trinajstić information content (AvgIpc) is 1.97. The molecule has 0 fully saturated rings. The molecule has 1 unspecified atom stereocenters. The first-order chi connectivity index (χ1) is 6.00. The van der Waals surface area contributed by atoms with Crippen LogP contribution in [0, 0.1) is 38.8 Å². The van der Waals surface area contributed by atoms with Gasteiger partial charge in [-0.1, -0.05) is 8.25 Å². The summed E-state index contributed by atoms with van der Waals surface area (Å²) in [5, 5.41) is 0. The zero-order valence-electron chi connectivity index (χ0n) is 8.34. The normalized spacial score (nSPS) is 12.2. The van der Waals surface area contributed by atoms with Gasteiger partial charge in [0.2, 0.25) is 0 Å². The van der Waals surface area contributed by atoms with Crippen molar-refractivity contribution in [1.82, 2.24) is 0 Å². The minimum Gasteiger partial charge on any atom is -0.813 e. The second-order valence-electron chi connectivity index (χ2n) is 3.00. The van der Waals surface area contributed by atoms with E-state index < -0.39 is 8.25 Å². The molecule has 0 aliphatic heterocycles. The Bertz CT molecular complexity index is 116. The summed E-state index contributed by atoms with van der Waals surface area (Å²) in [5.41, 5.74) is 0. The van der Waals surface area contributed by atoms with Gasteiger partial charge in [0, 0.05) is 0 Å². The molecule has 0 saturated heterocycles. The maximum atomic E-state index is 8.52. The molecule has 0 rings (SSSR count). The van der Waals surface area contributed by atoms with E-state index in [-0.39, 0.29) is 0 Å². The molecular weight excluding hydrogens is 319 g/mol. The number of rotatable bonds is 5. The predicted octanol–water partition coefficient (Wildman–Crippen LogP) is 1.41. The van der Waals surface area contributed by atoms with Crippen molar-refractivity contribution in [1.29, 1.82) is 0 Å². The van der Waals surface area contributed by atoms with Crippen molar-refractivity contribution in [3.05, 3.63) is 0 Å². The van der Waals surface area contributed by atoms with Gasteiger partial charge in [-0.15, -0.1) is 0 Å². The Morgan fingerprint density at radius 1 is 1.31 bits per heavy atom. The quantitative estimate of drug-likeness (QED) is 0.563. The van der Waals surface area contributed by atoms with Crippen molar-refractivity contribution in [2.45, 2.75) is 47.5 Å². The minimum absolute atomic E-state index is 1.04. The van der Waals surface area contributed by atoms with Gasteiger partial charge in [0.05, 0.1) is 0 Å². The van der Waals surface area contributed by atoms with Crippen LogP contribution in [0.25, 0.3) is 0 Å². The molecule has 77 valence electrons. The van der Waals surface area contributed by atoms with Gasteiger partial charge >= 0.3 is 86.3 Å². The maximum absolute atomic E-state index is 8.52. The van der Waals surface area contributed by atoms with Crippen molar-refractivity contribution in [2.24, 2.45) is 0 Å². The molecule has 13 heavy (non-hydrogen) atoms. The molecule has 0 aromatic rings. The summed E-state index contributed by atoms with van der Waals surface area (Å²) < 4.78 is 9.56. The minimum atomic E-state index is -3.63. The van der Waals surface area contributed by atoms with E-state index in [2.05, 4.69) is 13.8 Å². The van der Waals surface area contributed by atoms with Gasteiger partial charge in [-0.2, -0.15) is 0 Å². The third kappa shape index (κ3) is 31.7. The summed E-state index contributed by atoms with van der Waals surface area (Å²) >= 11 is 1.39. The van der Waals surface area contributed by atoms with Gasteiger partial charge in [-0.25, -0.2) is 0 Å². The van der Waals surface area contributed by atoms with Crippen LogP contribution < -0.4 is 9.79 Å². The first-order valence-electron chi connectivity index (χ1n) is 4.59. The summed E-state index contributed by atoms with van der Waals surface area (Å²) in [6.07, 6.45) is 7.22. The van der Waals surface area contributed by atoms with Crippen molar-refractivity contribution in [2.75, 3.05) is 0 Å². The van der Waals surface area contributed by atoms with E-state index in [9.17, 15) is 0 Å². The van der Waals surface area contributed by atoms with E-state index in [1.807, 2.05) is 0 Å². The van der Waals surface area contributed by atoms with E-state index >= 15 is 0 Å². The van der Waals surface area contributed by atoms with Crippen LogP contribution in [0.5, 0.6) is 0 Å². The van der Waals surface area contributed by atoms with Crippen LogP contribution in [0.3, 0.4) is 0 Å². The van der Waals surface area contributed by atoms with Crippen LogP contribution in [0.2, 0.25) is 1.57 Å². The number of hydrogen-bond donors (Lipinski definition) is 0. The van der Waals surface area contributed by atoms with Gasteiger partial charge < -0.3 is 14.4 Å². The summed E-state index contributed by atoms with van der Waals surface area (Å²) in [6, 6.07) is 0. The van der Waals surface area contributed by atoms with E-state index in [1.54, 1.807) is 0 Å². The first-order valence-corrected chi connectivity index (χ1v) is 7.67. The molecule has 0 aromatic heterocycles. The molecule has 0 aromatic carbocycles. The molecule has 0 aliphatic rings. The maximum Gasteiger partial charge on any atom is -0.0813 e. The fourth-order valence-corrected chi connectivity index (χ4v) is 1.53. The predicted molar refractivity (Wildman–Crippen MR) is 47.2 cm³/mol. The third-order valence-corrected chi connectivity index (χ3v) is 2.42. The Balaban J connectivity index is 0. The molecular formula is C8H18NdO3P. The number of unbranched alkanes of at least 4 members (excludes halogenated alkanes) is 3. The Morgan fingerprint density at radius 2 is 1.77 bits per heavy atom. The third-order valence-electron chi connectivity index (χ3n) is 1.49. The molecule has 0 spiro atoms. The second-order valence-corrected chi connectivity index (χ2v) is 6.66. The molecule has 0 radical (unpaired) electrons. The van der Waals surface area contributed by atoms with Crippen LogP contribution in [0.15, 0.2) is 0 Å². The molecule has 0 heterocycles. The second kappa shape index (κ2) is 13.5. The van der Waals surface area contributed by atoms with E-state index in [4.69, 9.17) is 14.4 Å². The van der Waals surface area contributed by atoms with Crippen LogP contribution in [0.4, 0.5) is 0 Å². The van der Waals surface area contributed by atoms with Gasteiger partial charge in [0.15, 0.2) is 0 Å². The van der Waals surface area contributed by atoms with Crippen LogP contribution >= 0.6 is 8.25 Å². The fraction of sp³-hybridized carbons (Fsp3) is 1.00. The molecule has 1 atom stereocenters. The summed E-state index contributed by atoms with van der Waals surface area (Å²) in [6.45, 7) is 4.63. The van der Waals surface area contributed by atoms with Crippen molar-refractivity contribution < 1.29 is 53.1 Å². The van der Waals surface area contributed by atoms with Gasteiger partial charge in [0.25, 0.3) is 0 Å². The van der Waals surface area contributed by atoms with E-state index in [1.165, 1.54) is 70.9 Å². The molecule has 0 saturated carbocycles. The Hall–Kier alpha value is 1.50. The number of hydrogen-bond acceptors (Lipinski definition) is 3. The van der Waals surface area contributed by atoms with Gasteiger partial charge in [0.1, 0.15) is 0 Å². The SMILES string of the molecule is CCCCCC[CH](C)[Nd+2].O=[PH]([O-])[O-]. The Labute approximate surface area is 108 Å². The van der Waals surface area contributed by atoms with E-state index in [0.717, 1.165) is 1.57 Å². The molecule has 0 bridgehead atoms. The van der Waals surface area contributed by atoms with E-state index in [0.29, 0.717) is 0 Å². The average molecular weight is 337 g/mol. The molecule has 0 amide bonds. The van der Waals surface area contributed by atoms with Gasteiger partial charge in [-0.3, -0.25) is 0 Å². The zero-order chi connectivity index (χ0) is 10.7. The summed E-state index contributed by atoms with van der Waals surface area (Å²) in [7, 11) is -3.63. The van der Waals surface area contributed by atoms with Crippen LogP contribution in [0.1, 0.15) is 46.0 Å². The van der Waals surface area contributed by atoms with Crippen LogP contribution in [-0.2, 0) is 4.57 Å². The molecule has 0 N–H and O–H groups in total. The smallest absolute Gasteiger partial charge is 0.0813 e. The zero-order valence-corrected chi connectivity index (χ0v) is 12.5. The fourth-order valence-electron chi connectivity index (χ4n) is 0.877. The van der Waals surface area contributed by atoms with Crippen molar-refractivity contribution in [3.8, 4) is 0 Å². The first kappa shape index (κ1) is 16.9. The summed E-state index contributed by atoms with van der Waals surface area (Å²) in [4.78, 5) is 17.0. The monoisotopic (exact) mass is 335 g/mol. The van der Waals surface area contributed by atoms with Crippen molar-refractivity contribution in [3.63, 3.8) is 0 Å². The summed E-state index contributed by atoms with van der Waals surface area (Å²) in [5.74, 6) is 0.